The number of rotatable bonds is 6. The van der Waals surface area contributed by atoms with Crippen molar-refractivity contribution in [2.45, 2.75) is 26.1 Å². The van der Waals surface area contributed by atoms with Gasteiger partial charge in [0, 0.05) is 20.1 Å². The average molecular weight is 326 g/mol. The highest BCUT2D eigenvalue weighted by Crippen LogP contribution is 2.32. The first-order chi connectivity index (χ1) is 11.6. The van der Waals surface area contributed by atoms with Crippen LogP contribution in [0.3, 0.4) is 0 Å². The van der Waals surface area contributed by atoms with Crippen LogP contribution in [0, 0.1) is 0 Å². The number of fused-ring (bicyclic) bond motifs is 1. The molecular formula is C19H22N2O3. The highest BCUT2D eigenvalue weighted by Gasteiger charge is 2.18. The molecule has 3 rings (SSSR count). The van der Waals surface area contributed by atoms with Crippen molar-refractivity contribution in [2.75, 3.05) is 13.8 Å². The molecule has 2 aromatic rings. The van der Waals surface area contributed by atoms with E-state index in [9.17, 15) is 4.79 Å². The van der Waals surface area contributed by atoms with Crippen molar-refractivity contribution in [2.24, 2.45) is 0 Å². The van der Waals surface area contributed by atoms with E-state index in [1.807, 2.05) is 62.5 Å². The minimum absolute atomic E-state index is 0.0691. The average Bonchev–Trinajstić information content (AvgIpc) is 3.07. The van der Waals surface area contributed by atoms with Gasteiger partial charge in [-0.1, -0.05) is 36.4 Å². The lowest BCUT2D eigenvalue weighted by atomic mass is 10.1. The van der Waals surface area contributed by atoms with E-state index in [1.165, 1.54) is 0 Å². The van der Waals surface area contributed by atoms with Gasteiger partial charge in [0.15, 0.2) is 11.5 Å². The fourth-order valence-corrected chi connectivity index (χ4v) is 2.67. The molecule has 1 aliphatic heterocycles. The van der Waals surface area contributed by atoms with Crippen LogP contribution in [-0.2, 0) is 17.9 Å². The van der Waals surface area contributed by atoms with Gasteiger partial charge in [-0.2, -0.15) is 0 Å². The van der Waals surface area contributed by atoms with E-state index in [2.05, 4.69) is 5.32 Å². The molecule has 0 aliphatic carbocycles. The van der Waals surface area contributed by atoms with Gasteiger partial charge in [0.25, 0.3) is 0 Å². The predicted octanol–water partition coefficient (Wildman–Crippen LogP) is 2.55. The van der Waals surface area contributed by atoms with Crippen LogP contribution < -0.4 is 14.8 Å². The molecule has 5 nitrogen and oxygen atoms in total. The predicted molar refractivity (Wildman–Crippen MR) is 91.8 cm³/mol. The molecule has 0 saturated heterocycles. The first-order valence-electron chi connectivity index (χ1n) is 8.04. The standard InChI is InChI=1S/C19H22N2O3/c1-14(19(22)21(2)12-15-6-4-3-5-7-15)20-11-16-8-9-17-18(10-16)24-13-23-17/h3-10,14,20H,11-13H2,1-2H3. The number of hydrogen-bond acceptors (Lipinski definition) is 4. The molecule has 1 heterocycles. The topological polar surface area (TPSA) is 50.8 Å². The van der Waals surface area contributed by atoms with E-state index < -0.39 is 0 Å². The Bertz CT molecular complexity index is 703. The van der Waals surface area contributed by atoms with Gasteiger partial charge in [-0.15, -0.1) is 0 Å². The van der Waals surface area contributed by atoms with Crippen molar-refractivity contribution in [3.05, 3.63) is 59.7 Å². The normalized spacial score (nSPS) is 13.6. The van der Waals surface area contributed by atoms with Crippen molar-refractivity contribution >= 4 is 5.91 Å². The Morgan fingerprint density at radius 1 is 1.12 bits per heavy atom. The van der Waals surface area contributed by atoms with Crippen molar-refractivity contribution in [3.63, 3.8) is 0 Å². The molecule has 126 valence electrons. The van der Waals surface area contributed by atoms with Crippen LogP contribution in [-0.4, -0.2) is 30.7 Å². The summed E-state index contributed by atoms with van der Waals surface area (Å²) in [5.74, 6) is 1.60. The van der Waals surface area contributed by atoms with Gasteiger partial charge in [-0.3, -0.25) is 4.79 Å². The summed E-state index contributed by atoms with van der Waals surface area (Å²) in [4.78, 5) is 14.2. The first-order valence-corrected chi connectivity index (χ1v) is 8.04. The van der Waals surface area contributed by atoms with E-state index in [0.717, 1.165) is 22.6 Å². The lowest BCUT2D eigenvalue weighted by Crippen LogP contribution is -2.42. The van der Waals surface area contributed by atoms with Crippen LogP contribution in [0.1, 0.15) is 18.1 Å². The Labute approximate surface area is 142 Å². The van der Waals surface area contributed by atoms with Gasteiger partial charge < -0.3 is 19.7 Å². The third kappa shape index (κ3) is 3.86. The van der Waals surface area contributed by atoms with E-state index in [4.69, 9.17) is 9.47 Å². The lowest BCUT2D eigenvalue weighted by molar-refractivity contribution is -0.132. The smallest absolute Gasteiger partial charge is 0.239 e. The van der Waals surface area contributed by atoms with Gasteiger partial charge in [-0.05, 0) is 30.2 Å². The van der Waals surface area contributed by atoms with Crippen molar-refractivity contribution in [1.29, 1.82) is 0 Å². The number of carbonyl (C=O) groups excluding carboxylic acids is 1. The summed E-state index contributed by atoms with van der Waals surface area (Å²) in [7, 11) is 1.83. The minimum atomic E-state index is -0.260. The molecule has 1 unspecified atom stereocenters. The molecule has 0 radical (unpaired) electrons. The summed E-state index contributed by atoms with van der Waals surface area (Å²) in [6, 6.07) is 15.5. The SMILES string of the molecule is CC(NCc1ccc2c(c1)OCO2)C(=O)N(C)Cc1ccccc1. The molecule has 0 aromatic heterocycles. The summed E-state index contributed by atoms with van der Waals surface area (Å²) in [5, 5.41) is 3.27. The van der Waals surface area contributed by atoms with Crippen LogP contribution in [0.4, 0.5) is 0 Å². The lowest BCUT2D eigenvalue weighted by Gasteiger charge is -2.22. The fraction of sp³-hybridized carbons (Fsp3) is 0.316. The summed E-state index contributed by atoms with van der Waals surface area (Å²) in [5.41, 5.74) is 2.18. The first kappa shape index (κ1) is 16.3. The van der Waals surface area contributed by atoms with Crippen molar-refractivity contribution in [3.8, 4) is 11.5 Å². The van der Waals surface area contributed by atoms with Crippen LogP contribution in [0.25, 0.3) is 0 Å². The summed E-state index contributed by atoms with van der Waals surface area (Å²) in [6.45, 7) is 3.36. The second kappa shape index (κ2) is 7.36. The van der Waals surface area contributed by atoms with Crippen LogP contribution in [0.2, 0.25) is 0 Å². The molecule has 1 N–H and O–H groups in total. The molecule has 24 heavy (non-hydrogen) atoms. The highest BCUT2D eigenvalue weighted by molar-refractivity contribution is 5.81. The van der Waals surface area contributed by atoms with Gasteiger partial charge in [0.2, 0.25) is 12.7 Å². The van der Waals surface area contributed by atoms with E-state index in [1.54, 1.807) is 4.90 Å². The van der Waals surface area contributed by atoms with Crippen molar-refractivity contribution in [1.82, 2.24) is 10.2 Å². The monoisotopic (exact) mass is 326 g/mol. The Hall–Kier alpha value is -2.53. The molecule has 2 aromatic carbocycles. The number of benzene rings is 2. The van der Waals surface area contributed by atoms with E-state index in [-0.39, 0.29) is 18.7 Å². The zero-order valence-corrected chi connectivity index (χ0v) is 14.0. The van der Waals surface area contributed by atoms with Crippen LogP contribution >= 0.6 is 0 Å². The van der Waals surface area contributed by atoms with E-state index in [0.29, 0.717) is 13.1 Å². The molecule has 5 heteroatoms. The van der Waals surface area contributed by atoms with Gasteiger partial charge in [0.1, 0.15) is 0 Å². The number of nitrogens with zero attached hydrogens (tertiary/aromatic N) is 1. The Morgan fingerprint density at radius 3 is 2.67 bits per heavy atom. The quantitative estimate of drug-likeness (QED) is 0.886. The highest BCUT2D eigenvalue weighted by atomic mass is 16.7. The zero-order chi connectivity index (χ0) is 16.9. The number of likely N-dealkylation sites (N-methyl/N-ethyl adjacent to an activating group) is 1. The van der Waals surface area contributed by atoms with Crippen molar-refractivity contribution < 1.29 is 14.3 Å². The molecule has 1 atom stereocenters. The molecule has 1 amide bonds. The molecule has 0 saturated carbocycles. The third-order valence-electron chi connectivity index (χ3n) is 4.06. The number of nitrogens with one attached hydrogen (secondary N) is 1. The molecule has 1 aliphatic rings. The Morgan fingerprint density at radius 2 is 1.88 bits per heavy atom. The van der Waals surface area contributed by atoms with Gasteiger partial charge >= 0.3 is 0 Å². The van der Waals surface area contributed by atoms with E-state index >= 15 is 0 Å². The second-order valence-corrected chi connectivity index (χ2v) is 5.97. The molecule has 0 fully saturated rings. The maximum atomic E-state index is 12.5. The molecule has 0 spiro atoms. The largest absolute Gasteiger partial charge is 0.454 e. The number of carbonyl (C=O) groups is 1. The zero-order valence-electron chi connectivity index (χ0n) is 14.0. The summed E-state index contributed by atoms with van der Waals surface area (Å²) in [6.07, 6.45) is 0. The number of ether oxygens (including phenoxy) is 2. The Kier molecular flexibility index (Phi) is 5.01. The number of hydrogen-bond donors (Lipinski definition) is 1. The van der Waals surface area contributed by atoms with Crippen LogP contribution in [0.15, 0.2) is 48.5 Å². The van der Waals surface area contributed by atoms with Gasteiger partial charge in [-0.25, -0.2) is 0 Å². The maximum Gasteiger partial charge on any atom is 0.239 e. The third-order valence-corrected chi connectivity index (χ3v) is 4.06. The second-order valence-electron chi connectivity index (χ2n) is 5.97. The molecule has 0 bridgehead atoms. The molecular weight excluding hydrogens is 304 g/mol. The van der Waals surface area contributed by atoms with Crippen LogP contribution in [0.5, 0.6) is 11.5 Å². The minimum Gasteiger partial charge on any atom is -0.454 e. The summed E-state index contributed by atoms with van der Waals surface area (Å²) < 4.78 is 10.7. The fourth-order valence-electron chi connectivity index (χ4n) is 2.67. The maximum absolute atomic E-state index is 12.5. The Balaban J connectivity index is 1.52. The summed E-state index contributed by atoms with van der Waals surface area (Å²) >= 11 is 0. The number of amides is 1. The van der Waals surface area contributed by atoms with Gasteiger partial charge in [0.05, 0.1) is 6.04 Å².